The summed E-state index contributed by atoms with van der Waals surface area (Å²) in [4.78, 5) is 0. The summed E-state index contributed by atoms with van der Waals surface area (Å²) in [7, 11) is 3.55. The molecule has 22 heavy (non-hydrogen) atoms. The molecule has 0 aromatic heterocycles. The van der Waals surface area contributed by atoms with E-state index in [1.54, 1.807) is 12.1 Å². The Morgan fingerprint density at radius 3 is 2.36 bits per heavy atom. The highest BCUT2D eigenvalue weighted by Crippen LogP contribution is 2.36. The molecule has 0 bridgehead atoms. The van der Waals surface area contributed by atoms with Gasteiger partial charge in [0.25, 0.3) is 0 Å². The first-order chi connectivity index (χ1) is 10.6. The predicted molar refractivity (Wildman–Crippen MR) is 89.3 cm³/mol. The first kappa shape index (κ1) is 14.6. The zero-order valence-corrected chi connectivity index (χ0v) is 12.9. The molecule has 0 saturated carbocycles. The monoisotopic (exact) mass is 295 g/mol. The smallest absolute Gasteiger partial charge is 0.0868 e. The third-order valence-corrected chi connectivity index (χ3v) is 4.17. The Balaban J connectivity index is 2.34. The van der Waals surface area contributed by atoms with E-state index >= 15 is 0 Å². The summed E-state index contributed by atoms with van der Waals surface area (Å²) < 4.78 is 5.73. The van der Waals surface area contributed by atoms with E-state index in [-0.39, 0.29) is 6.10 Å². The van der Waals surface area contributed by atoms with Gasteiger partial charge < -0.3 is 15.5 Å². The molecule has 0 fully saturated rings. The standard InChI is InChI=1S/C18H21N3O/c1-21(20)18-13-8-4-3-7-12(13)11-16(22-2)14-9-5-6-10-15(14)17(18)19/h3-10,16H,11,19-20H2,1-2H3/b18-17-. The Morgan fingerprint density at radius 2 is 1.68 bits per heavy atom. The fourth-order valence-electron chi connectivity index (χ4n) is 3.13. The second kappa shape index (κ2) is 5.83. The zero-order valence-electron chi connectivity index (χ0n) is 12.9. The highest BCUT2D eigenvalue weighted by atomic mass is 16.5. The van der Waals surface area contributed by atoms with Gasteiger partial charge in [-0.3, -0.25) is 0 Å². The van der Waals surface area contributed by atoms with Crippen LogP contribution >= 0.6 is 0 Å². The molecule has 1 unspecified atom stereocenters. The van der Waals surface area contributed by atoms with Crippen molar-refractivity contribution in [2.24, 2.45) is 11.6 Å². The Hall–Kier alpha value is -2.30. The van der Waals surface area contributed by atoms with Crippen molar-refractivity contribution in [2.45, 2.75) is 12.5 Å². The van der Waals surface area contributed by atoms with Gasteiger partial charge in [0.05, 0.1) is 17.5 Å². The number of methoxy groups -OCH3 is 1. The van der Waals surface area contributed by atoms with Crippen LogP contribution in [0.25, 0.3) is 11.4 Å². The van der Waals surface area contributed by atoms with Crippen LogP contribution in [0, 0.1) is 0 Å². The summed E-state index contributed by atoms with van der Waals surface area (Å²) in [5, 5.41) is 1.60. The molecule has 4 heteroatoms. The van der Waals surface area contributed by atoms with Crippen LogP contribution < -0.4 is 11.6 Å². The molecule has 1 atom stereocenters. The number of hydrogen-bond donors (Lipinski definition) is 2. The van der Waals surface area contributed by atoms with Gasteiger partial charge in [-0.2, -0.15) is 0 Å². The number of hydrazine groups is 1. The molecule has 3 rings (SSSR count). The van der Waals surface area contributed by atoms with Crippen molar-refractivity contribution in [3.05, 3.63) is 70.8 Å². The van der Waals surface area contributed by atoms with Crippen molar-refractivity contribution in [3.8, 4) is 0 Å². The van der Waals surface area contributed by atoms with E-state index in [2.05, 4.69) is 18.2 Å². The van der Waals surface area contributed by atoms with Crippen molar-refractivity contribution >= 4 is 11.4 Å². The van der Waals surface area contributed by atoms with Gasteiger partial charge in [0.1, 0.15) is 0 Å². The van der Waals surface area contributed by atoms with Crippen LogP contribution in [-0.4, -0.2) is 19.2 Å². The molecular weight excluding hydrogens is 274 g/mol. The summed E-state index contributed by atoms with van der Waals surface area (Å²) in [6.07, 6.45) is 0.759. The topological polar surface area (TPSA) is 64.5 Å². The molecule has 0 aliphatic heterocycles. The van der Waals surface area contributed by atoms with Crippen LogP contribution in [0.15, 0.2) is 48.5 Å². The number of hydrogen-bond acceptors (Lipinski definition) is 4. The minimum absolute atomic E-state index is 0.0273. The van der Waals surface area contributed by atoms with E-state index < -0.39 is 0 Å². The van der Waals surface area contributed by atoms with E-state index in [0.717, 1.165) is 28.8 Å². The molecule has 1 aliphatic rings. The first-order valence-electron chi connectivity index (χ1n) is 7.32. The maximum atomic E-state index is 6.50. The van der Waals surface area contributed by atoms with E-state index in [0.29, 0.717) is 5.70 Å². The number of benzene rings is 2. The minimum atomic E-state index is -0.0273. The molecule has 0 amide bonds. The van der Waals surface area contributed by atoms with Crippen LogP contribution in [0.3, 0.4) is 0 Å². The molecule has 0 saturated heterocycles. The molecule has 4 N–H and O–H groups in total. The van der Waals surface area contributed by atoms with Crippen LogP contribution in [-0.2, 0) is 11.2 Å². The lowest BCUT2D eigenvalue weighted by Gasteiger charge is -2.28. The maximum Gasteiger partial charge on any atom is 0.0868 e. The molecule has 2 aromatic rings. The lowest BCUT2D eigenvalue weighted by atomic mass is 9.88. The van der Waals surface area contributed by atoms with Crippen LogP contribution in [0.2, 0.25) is 0 Å². The maximum absolute atomic E-state index is 6.50. The zero-order chi connectivity index (χ0) is 15.7. The van der Waals surface area contributed by atoms with Gasteiger partial charge in [-0.05, 0) is 11.1 Å². The molecule has 0 heterocycles. The van der Waals surface area contributed by atoms with E-state index in [4.69, 9.17) is 16.3 Å². The van der Waals surface area contributed by atoms with Crippen LogP contribution in [0.1, 0.15) is 28.4 Å². The Kier molecular flexibility index (Phi) is 3.88. The number of nitrogens with zero attached hydrogens (tertiary/aromatic N) is 1. The average molecular weight is 295 g/mol. The molecule has 4 nitrogen and oxygen atoms in total. The van der Waals surface area contributed by atoms with Crippen LogP contribution in [0.5, 0.6) is 0 Å². The second-order valence-electron chi connectivity index (χ2n) is 5.55. The highest BCUT2D eigenvalue weighted by Gasteiger charge is 2.25. The Bertz CT molecular complexity index is 722. The number of fused-ring (bicyclic) bond motifs is 2. The third-order valence-electron chi connectivity index (χ3n) is 4.17. The van der Waals surface area contributed by atoms with Gasteiger partial charge in [0, 0.05) is 31.7 Å². The van der Waals surface area contributed by atoms with Gasteiger partial charge in [0.2, 0.25) is 0 Å². The minimum Gasteiger partial charge on any atom is -0.396 e. The van der Waals surface area contributed by atoms with Gasteiger partial charge in [-0.1, -0.05) is 48.5 Å². The average Bonchev–Trinajstić information content (AvgIpc) is 2.52. The van der Waals surface area contributed by atoms with Crippen molar-refractivity contribution in [2.75, 3.05) is 14.2 Å². The summed E-state index contributed by atoms with van der Waals surface area (Å²) >= 11 is 0. The van der Waals surface area contributed by atoms with Crippen molar-refractivity contribution in [1.29, 1.82) is 0 Å². The van der Waals surface area contributed by atoms with Crippen molar-refractivity contribution in [1.82, 2.24) is 5.01 Å². The largest absolute Gasteiger partial charge is 0.396 e. The normalized spacial score (nSPS) is 20.6. The summed E-state index contributed by atoms with van der Waals surface area (Å²) in [6.45, 7) is 0. The number of rotatable bonds is 2. The van der Waals surface area contributed by atoms with Crippen molar-refractivity contribution < 1.29 is 4.74 Å². The quantitative estimate of drug-likeness (QED) is 0.660. The van der Waals surface area contributed by atoms with Crippen LogP contribution in [0.4, 0.5) is 0 Å². The second-order valence-corrected chi connectivity index (χ2v) is 5.55. The molecule has 2 aromatic carbocycles. The number of nitrogens with two attached hydrogens (primary N) is 2. The molecule has 0 radical (unpaired) electrons. The lowest BCUT2D eigenvalue weighted by Crippen LogP contribution is -2.28. The predicted octanol–water partition coefficient (Wildman–Crippen LogP) is 2.52. The summed E-state index contributed by atoms with van der Waals surface area (Å²) in [5.41, 5.74) is 12.3. The summed E-state index contributed by atoms with van der Waals surface area (Å²) in [6, 6.07) is 16.3. The van der Waals surface area contributed by atoms with Gasteiger partial charge in [-0.15, -0.1) is 0 Å². The van der Waals surface area contributed by atoms with Crippen molar-refractivity contribution in [3.63, 3.8) is 0 Å². The molecule has 0 spiro atoms. The SMILES string of the molecule is COC1Cc2ccccc2/C(N(C)N)=C(/N)c2ccccc21. The fourth-order valence-corrected chi connectivity index (χ4v) is 3.13. The van der Waals surface area contributed by atoms with E-state index in [1.165, 1.54) is 5.56 Å². The van der Waals surface area contributed by atoms with E-state index in [9.17, 15) is 0 Å². The highest BCUT2D eigenvalue weighted by molar-refractivity contribution is 5.90. The van der Waals surface area contributed by atoms with Gasteiger partial charge in [-0.25, -0.2) is 5.84 Å². The van der Waals surface area contributed by atoms with Gasteiger partial charge in [0.15, 0.2) is 0 Å². The summed E-state index contributed by atoms with van der Waals surface area (Å²) in [5.74, 6) is 6.08. The van der Waals surface area contributed by atoms with E-state index in [1.807, 2.05) is 37.4 Å². The number of ether oxygens (including phenoxy) is 1. The lowest BCUT2D eigenvalue weighted by molar-refractivity contribution is 0.103. The molecule has 114 valence electrons. The Labute approximate surface area is 131 Å². The first-order valence-corrected chi connectivity index (χ1v) is 7.32. The van der Waals surface area contributed by atoms with Gasteiger partial charge >= 0.3 is 0 Å². The Morgan fingerprint density at radius 1 is 1.05 bits per heavy atom. The molecular formula is C18H21N3O. The third kappa shape index (κ3) is 2.36. The molecule has 1 aliphatic carbocycles. The fraction of sp³-hybridized carbons (Fsp3) is 0.222.